The third-order valence-corrected chi connectivity index (χ3v) is 4.75. The number of aromatic amines is 1. The molecule has 6 nitrogen and oxygen atoms in total. The van der Waals surface area contributed by atoms with E-state index in [1.165, 1.54) is 0 Å². The molecule has 0 unspecified atom stereocenters. The third-order valence-electron chi connectivity index (χ3n) is 4.75. The molecule has 2 N–H and O–H groups in total. The number of amides is 1. The van der Waals surface area contributed by atoms with Crippen LogP contribution in [0.3, 0.4) is 0 Å². The van der Waals surface area contributed by atoms with E-state index in [1.54, 1.807) is 0 Å². The summed E-state index contributed by atoms with van der Waals surface area (Å²) in [7, 11) is 0. The van der Waals surface area contributed by atoms with Crippen LogP contribution in [0.25, 0.3) is 0 Å². The SMILES string of the molecule is O=C(Nc1cccc(N2CCOCC2)c1)c1n[nH]c2c1CCCC2. The molecule has 4 rings (SSSR count). The van der Waals surface area contributed by atoms with Gasteiger partial charge in [0, 0.05) is 35.7 Å². The van der Waals surface area contributed by atoms with Crippen molar-refractivity contribution in [3.05, 3.63) is 41.2 Å². The van der Waals surface area contributed by atoms with Crippen LogP contribution >= 0.6 is 0 Å². The Hall–Kier alpha value is -2.34. The summed E-state index contributed by atoms with van der Waals surface area (Å²) in [5.41, 5.74) is 4.66. The summed E-state index contributed by atoms with van der Waals surface area (Å²) in [6, 6.07) is 7.97. The maximum atomic E-state index is 12.6. The summed E-state index contributed by atoms with van der Waals surface area (Å²) < 4.78 is 5.39. The number of hydrogen-bond donors (Lipinski definition) is 2. The lowest BCUT2D eigenvalue weighted by Crippen LogP contribution is -2.36. The van der Waals surface area contributed by atoms with Crippen molar-refractivity contribution < 1.29 is 9.53 Å². The van der Waals surface area contributed by atoms with Crippen molar-refractivity contribution in [2.75, 3.05) is 36.5 Å². The van der Waals surface area contributed by atoms with Crippen LogP contribution in [-0.2, 0) is 17.6 Å². The average Bonchev–Trinajstić information content (AvgIpc) is 3.07. The Morgan fingerprint density at radius 1 is 1.21 bits per heavy atom. The Kier molecular flexibility index (Phi) is 4.21. The van der Waals surface area contributed by atoms with Crippen LogP contribution in [0, 0.1) is 0 Å². The normalized spacial score (nSPS) is 17.4. The number of H-pyrrole nitrogens is 1. The molecule has 1 aliphatic carbocycles. The summed E-state index contributed by atoms with van der Waals surface area (Å²) in [5, 5.41) is 10.3. The largest absolute Gasteiger partial charge is 0.378 e. The molecular formula is C18H22N4O2. The highest BCUT2D eigenvalue weighted by Crippen LogP contribution is 2.24. The molecule has 0 radical (unpaired) electrons. The van der Waals surface area contributed by atoms with Crippen LogP contribution in [0.5, 0.6) is 0 Å². The van der Waals surface area contributed by atoms with Crippen molar-refractivity contribution in [2.24, 2.45) is 0 Å². The molecule has 0 bridgehead atoms. The summed E-state index contributed by atoms with van der Waals surface area (Å²) in [6.45, 7) is 3.25. The van der Waals surface area contributed by atoms with Crippen LogP contribution < -0.4 is 10.2 Å². The first-order valence-corrected chi connectivity index (χ1v) is 8.61. The molecule has 2 aromatic rings. The van der Waals surface area contributed by atoms with E-state index in [-0.39, 0.29) is 5.91 Å². The monoisotopic (exact) mass is 326 g/mol. The Morgan fingerprint density at radius 2 is 2.04 bits per heavy atom. The van der Waals surface area contributed by atoms with Gasteiger partial charge in [-0.1, -0.05) is 6.07 Å². The van der Waals surface area contributed by atoms with E-state index in [2.05, 4.69) is 26.5 Å². The number of ether oxygens (including phenoxy) is 1. The van der Waals surface area contributed by atoms with E-state index in [1.807, 2.05) is 18.2 Å². The molecule has 1 aromatic carbocycles. The standard InChI is InChI=1S/C18H22N4O2/c23-18(17-15-6-1-2-7-16(15)20-21-17)19-13-4-3-5-14(12-13)22-8-10-24-11-9-22/h3-5,12H,1-2,6-11H2,(H,19,23)(H,20,21). The Morgan fingerprint density at radius 3 is 2.92 bits per heavy atom. The maximum absolute atomic E-state index is 12.6. The topological polar surface area (TPSA) is 70.2 Å². The zero-order valence-electron chi connectivity index (χ0n) is 13.7. The number of carbonyl (C=O) groups excluding carboxylic acids is 1. The highest BCUT2D eigenvalue weighted by Gasteiger charge is 2.22. The Bertz CT molecular complexity index is 734. The van der Waals surface area contributed by atoms with Crippen molar-refractivity contribution in [1.29, 1.82) is 0 Å². The fourth-order valence-electron chi connectivity index (χ4n) is 3.46. The van der Waals surface area contributed by atoms with E-state index in [4.69, 9.17) is 4.74 Å². The number of anilines is 2. The van der Waals surface area contributed by atoms with Gasteiger partial charge in [0.25, 0.3) is 5.91 Å². The van der Waals surface area contributed by atoms with Crippen LogP contribution in [-0.4, -0.2) is 42.4 Å². The lowest BCUT2D eigenvalue weighted by molar-refractivity contribution is 0.102. The molecule has 0 spiro atoms. The molecule has 0 atom stereocenters. The molecule has 1 fully saturated rings. The van der Waals surface area contributed by atoms with Gasteiger partial charge in [0.1, 0.15) is 0 Å². The second-order valence-electron chi connectivity index (χ2n) is 6.34. The minimum Gasteiger partial charge on any atom is -0.378 e. The van der Waals surface area contributed by atoms with Crippen LogP contribution in [0.2, 0.25) is 0 Å². The van der Waals surface area contributed by atoms with Gasteiger partial charge < -0.3 is 15.0 Å². The van der Waals surface area contributed by atoms with E-state index < -0.39 is 0 Å². The van der Waals surface area contributed by atoms with Crippen LogP contribution in [0.15, 0.2) is 24.3 Å². The number of hydrogen-bond acceptors (Lipinski definition) is 4. The number of carbonyl (C=O) groups is 1. The number of benzene rings is 1. The average molecular weight is 326 g/mol. The van der Waals surface area contributed by atoms with Gasteiger partial charge in [0.15, 0.2) is 5.69 Å². The number of fused-ring (bicyclic) bond motifs is 1. The van der Waals surface area contributed by atoms with Crippen molar-refractivity contribution in [3.63, 3.8) is 0 Å². The van der Waals surface area contributed by atoms with Crippen molar-refractivity contribution >= 4 is 17.3 Å². The number of nitrogens with one attached hydrogen (secondary N) is 2. The molecule has 2 heterocycles. The summed E-state index contributed by atoms with van der Waals surface area (Å²) in [6.07, 6.45) is 4.21. The number of aromatic nitrogens is 2. The first kappa shape index (κ1) is 15.2. The first-order valence-electron chi connectivity index (χ1n) is 8.61. The molecule has 24 heavy (non-hydrogen) atoms. The number of morpholine rings is 1. The predicted molar refractivity (Wildman–Crippen MR) is 92.7 cm³/mol. The summed E-state index contributed by atoms with van der Waals surface area (Å²) in [5.74, 6) is -0.131. The lowest BCUT2D eigenvalue weighted by Gasteiger charge is -2.29. The fourth-order valence-corrected chi connectivity index (χ4v) is 3.46. The molecule has 1 aliphatic heterocycles. The first-order chi connectivity index (χ1) is 11.8. The number of nitrogens with zero attached hydrogens (tertiary/aromatic N) is 2. The molecule has 2 aliphatic rings. The second-order valence-corrected chi connectivity index (χ2v) is 6.34. The summed E-state index contributed by atoms with van der Waals surface area (Å²) >= 11 is 0. The van der Waals surface area contributed by atoms with Gasteiger partial charge in [-0.3, -0.25) is 9.89 Å². The smallest absolute Gasteiger partial charge is 0.276 e. The second kappa shape index (κ2) is 6.65. The van der Waals surface area contributed by atoms with E-state index in [0.717, 1.165) is 74.6 Å². The molecule has 1 aromatic heterocycles. The summed E-state index contributed by atoms with van der Waals surface area (Å²) in [4.78, 5) is 14.9. The van der Waals surface area contributed by atoms with Gasteiger partial charge in [-0.2, -0.15) is 5.10 Å². The van der Waals surface area contributed by atoms with Crippen LogP contribution in [0.4, 0.5) is 11.4 Å². The zero-order chi connectivity index (χ0) is 16.4. The third kappa shape index (κ3) is 3.01. The minimum atomic E-state index is -0.131. The van der Waals surface area contributed by atoms with Crippen molar-refractivity contribution in [2.45, 2.75) is 25.7 Å². The molecule has 1 amide bonds. The molecule has 6 heteroatoms. The Labute approximate surface area is 141 Å². The van der Waals surface area contributed by atoms with E-state index in [9.17, 15) is 4.79 Å². The lowest BCUT2D eigenvalue weighted by atomic mass is 9.96. The predicted octanol–water partition coefficient (Wildman–Crippen LogP) is 2.38. The van der Waals surface area contributed by atoms with Gasteiger partial charge >= 0.3 is 0 Å². The molecule has 1 saturated heterocycles. The van der Waals surface area contributed by atoms with Gasteiger partial charge in [0.05, 0.1) is 13.2 Å². The molecule has 0 saturated carbocycles. The Balaban J connectivity index is 1.50. The van der Waals surface area contributed by atoms with Gasteiger partial charge in [-0.15, -0.1) is 0 Å². The van der Waals surface area contributed by atoms with Crippen LogP contribution in [0.1, 0.15) is 34.6 Å². The number of aryl methyl sites for hydroxylation is 1. The minimum absolute atomic E-state index is 0.131. The highest BCUT2D eigenvalue weighted by atomic mass is 16.5. The van der Waals surface area contributed by atoms with Gasteiger partial charge in [-0.05, 0) is 43.9 Å². The van der Waals surface area contributed by atoms with Gasteiger partial charge in [-0.25, -0.2) is 0 Å². The highest BCUT2D eigenvalue weighted by molar-refractivity contribution is 6.04. The quantitative estimate of drug-likeness (QED) is 0.908. The fraction of sp³-hybridized carbons (Fsp3) is 0.444. The molecule has 126 valence electrons. The van der Waals surface area contributed by atoms with Crippen molar-refractivity contribution in [1.82, 2.24) is 10.2 Å². The number of rotatable bonds is 3. The van der Waals surface area contributed by atoms with Crippen molar-refractivity contribution in [3.8, 4) is 0 Å². The van der Waals surface area contributed by atoms with E-state index in [0.29, 0.717) is 5.69 Å². The van der Waals surface area contributed by atoms with E-state index >= 15 is 0 Å². The zero-order valence-corrected chi connectivity index (χ0v) is 13.7. The van der Waals surface area contributed by atoms with Gasteiger partial charge in [0.2, 0.25) is 0 Å². The molecular weight excluding hydrogens is 304 g/mol. The maximum Gasteiger partial charge on any atom is 0.276 e.